The third-order valence-corrected chi connectivity index (χ3v) is 9.41. The summed E-state index contributed by atoms with van der Waals surface area (Å²) >= 11 is 6.12. The standard InChI is InChI=1S/C35H37ClFN3O4S/c1-3-4-22-38-35(42)33(23-27-8-6-5-7-9-27)39(24-28-12-14-29(36)15-13-28)34(41)25-40(31-18-16-30(37)17-19-31)45(43,44)32-20-10-26(2)11-21-32/h5-21,33H,3-4,22-25H2,1-2H3,(H,38,42)/t33-/m0/s1. The lowest BCUT2D eigenvalue weighted by molar-refractivity contribution is -0.140. The van der Waals surface area contributed by atoms with E-state index in [1.165, 1.54) is 29.2 Å². The fourth-order valence-electron chi connectivity index (χ4n) is 4.82. The molecule has 0 fully saturated rings. The lowest BCUT2D eigenvalue weighted by Crippen LogP contribution is -2.53. The molecule has 4 aromatic rings. The van der Waals surface area contributed by atoms with Crippen molar-refractivity contribution in [3.63, 3.8) is 0 Å². The Morgan fingerprint density at radius 2 is 1.51 bits per heavy atom. The maximum absolute atomic E-state index is 14.4. The molecule has 0 aromatic heterocycles. The van der Waals surface area contributed by atoms with E-state index in [1.54, 1.807) is 36.4 Å². The second-order valence-corrected chi connectivity index (χ2v) is 13.1. The Hall–Kier alpha value is -4.21. The van der Waals surface area contributed by atoms with Crippen molar-refractivity contribution in [3.05, 3.63) is 131 Å². The number of halogens is 2. The van der Waals surface area contributed by atoms with Crippen LogP contribution in [0.3, 0.4) is 0 Å². The number of benzene rings is 4. The molecule has 0 aliphatic rings. The van der Waals surface area contributed by atoms with Crippen molar-refractivity contribution in [1.29, 1.82) is 0 Å². The molecular weight excluding hydrogens is 613 g/mol. The number of carbonyl (C=O) groups excluding carboxylic acids is 2. The summed E-state index contributed by atoms with van der Waals surface area (Å²) in [7, 11) is -4.27. The van der Waals surface area contributed by atoms with Gasteiger partial charge in [-0.25, -0.2) is 12.8 Å². The summed E-state index contributed by atoms with van der Waals surface area (Å²) in [6.45, 7) is 3.69. The third kappa shape index (κ3) is 9.15. The molecule has 0 heterocycles. The summed E-state index contributed by atoms with van der Waals surface area (Å²) in [6.07, 6.45) is 1.85. The first kappa shape index (κ1) is 33.7. The zero-order valence-corrected chi connectivity index (χ0v) is 26.9. The van der Waals surface area contributed by atoms with Gasteiger partial charge in [-0.3, -0.25) is 13.9 Å². The normalized spacial score (nSPS) is 11.9. The lowest BCUT2D eigenvalue weighted by atomic mass is 10.0. The molecule has 0 aliphatic carbocycles. The maximum atomic E-state index is 14.4. The van der Waals surface area contributed by atoms with Crippen LogP contribution in [0.5, 0.6) is 0 Å². The van der Waals surface area contributed by atoms with E-state index < -0.39 is 34.3 Å². The van der Waals surface area contributed by atoms with E-state index in [9.17, 15) is 22.4 Å². The van der Waals surface area contributed by atoms with E-state index in [-0.39, 0.29) is 29.5 Å². The predicted octanol–water partition coefficient (Wildman–Crippen LogP) is 6.54. The third-order valence-electron chi connectivity index (χ3n) is 7.37. The van der Waals surface area contributed by atoms with Crippen molar-refractivity contribution in [2.45, 2.75) is 50.6 Å². The Bertz CT molecular complexity index is 1670. The maximum Gasteiger partial charge on any atom is 0.264 e. The van der Waals surface area contributed by atoms with Crippen LogP contribution in [0.1, 0.15) is 36.5 Å². The van der Waals surface area contributed by atoms with Crippen LogP contribution in [0.15, 0.2) is 108 Å². The molecular formula is C35H37ClFN3O4S. The van der Waals surface area contributed by atoms with Crippen LogP contribution in [-0.4, -0.2) is 44.3 Å². The van der Waals surface area contributed by atoms with E-state index in [2.05, 4.69) is 5.32 Å². The van der Waals surface area contributed by atoms with Crippen LogP contribution in [-0.2, 0) is 32.6 Å². The molecule has 0 aliphatic heterocycles. The van der Waals surface area contributed by atoms with Crippen LogP contribution in [0.25, 0.3) is 0 Å². The summed E-state index contributed by atoms with van der Waals surface area (Å²) in [5.74, 6) is -1.49. The quantitative estimate of drug-likeness (QED) is 0.157. The van der Waals surface area contributed by atoms with Crippen LogP contribution in [0.2, 0.25) is 5.02 Å². The fourth-order valence-corrected chi connectivity index (χ4v) is 6.36. The molecule has 0 saturated carbocycles. The Morgan fingerprint density at radius 3 is 2.13 bits per heavy atom. The van der Waals surface area contributed by atoms with Gasteiger partial charge >= 0.3 is 0 Å². The molecule has 0 unspecified atom stereocenters. The van der Waals surface area contributed by atoms with E-state index in [0.29, 0.717) is 17.1 Å². The average molecular weight is 650 g/mol. The summed E-state index contributed by atoms with van der Waals surface area (Å²) < 4.78 is 42.9. The molecule has 4 aromatic carbocycles. The minimum atomic E-state index is -4.27. The highest BCUT2D eigenvalue weighted by Gasteiger charge is 2.34. The number of hydrogen-bond donors (Lipinski definition) is 1. The van der Waals surface area contributed by atoms with Gasteiger partial charge in [0, 0.05) is 24.5 Å². The van der Waals surface area contributed by atoms with Crippen molar-refractivity contribution >= 4 is 39.1 Å². The Balaban J connectivity index is 1.78. The van der Waals surface area contributed by atoms with Crippen LogP contribution in [0, 0.1) is 12.7 Å². The number of sulfonamides is 1. The fraction of sp³-hybridized carbons (Fsp3) is 0.257. The average Bonchev–Trinajstić information content (AvgIpc) is 3.03. The Labute approximate surface area is 269 Å². The van der Waals surface area contributed by atoms with Gasteiger partial charge in [-0.2, -0.15) is 0 Å². The molecule has 10 heteroatoms. The number of hydrogen-bond acceptors (Lipinski definition) is 4. The van der Waals surface area contributed by atoms with Crippen LogP contribution in [0.4, 0.5) is 10.1 Å². The molecule has 7 nitrogen and oxygen atoms in total. The summed E-state index contributed by atoms with van der Waals surface area (Å²) in [4.78, 5) is 29.6. The van der Waals surface area contributed by atoms with Crippen molar-refractivity contribution in [1.82, 2.24) is 10.2 Å². The van der Waals surface area contributed by atoms with E-state index in [4.69, 9.17) is 11.6 Å². The molecule has 236 valence electrons. The highest BCUT2D eigenvalue weighted by molar-refractivity contribution is 7.92. The van der Waals surface area contributed by atoms with Crippen molar-refractivity contribution in [3.8, 4) is 0 Å². The predicted molar refractivity (Wildman–Crippen MR) is 176 cm³/mol. The minimum Gasteiger partial charge on any atom is -0.354 e. The number of nitrogens with zero attached hydrogens (tertiary/aromatic N) is 2. The summed E-state index contributed by atoms with van der Waals surface area (Å²) in [6, 6.07) is 26.5. The largest absolute Gasteiger partial charge is 0.354 e. The molecule has 0 saturated heterocycles. The zero-order valence-electron chi connectivity index (χ0n) is 25.3. The van der Waals surface area contributed by atoms with Gasteiger partial charge in [-0.05, 0) is 73.0 Å². The molecule has 2 amide bonds. The Kier molecular flexibility index (Phi) is 11.7. The highest BCUT2D eigenvalue weighted by atomic mass is 35.5. The minimum absolute atomic E-state index is 0.0207. The number of unbranched alkanes of at least 4 members (excludes halogenated alkanes) is 1. The number of carbonyl (C=O) groups is 2. The molecule has 1 atom stereocenters. The first-order valence-electron chi connectivity index (χ1n) is 14.8. The molecule has 45 heavy (non-hydrogen) atoms. The first-order valence-corrected chi connectivity index (χ1v) is 16.6. The smallest absolute Gasteiger partial charge is 0.264 e. The van der Waals surface area contributed by atoms with E-state index >= 15 is 0 Å². The number of aryl methyl sites for hydroxylation is 1. The number of anilines is 1. The highest BCUT2D eigenvalue weighted by Crippen LogP contribution is 2.26. The first-order chi connectivity index (χ1) is 21.6. The number of rotatable bonds is 14. The van der Waals surface area contributed by atoms with Gasteiger partial charge in [0.05, 0.1) is 10.6 Å². The molecule has 0 radical (unpaired) electrons. The van der Waals surface area contributed by atoms with Gasteiger partial charge in [0.25, 0.3) is 10.0 Å². The summed E-state index contributed by atoms with van der Waals surface area (Å²) in [5.41, 5.74) is 2.53. The SMILES string of the molecule is CCCCNC(=O)[C@H](Cc1ccccc1)N(Cc1ccc(Cl)cc1)C(=O)CN(c1ccc(F)cc1)S(=O)(=O)c1ccc(C)cc1. The van der Waals surface area contributed by atoms with Crippen molar-refractivity contribution < 1.29 is 22.4 Å². The van der Waals surface area contributed by atoms with Gasteiger partial charge in [0.2, 0.25) is 11.8 Å². The van der Waals surface area contributed by atoms with Crippen LogP contribution >= 0.6 is 11.6 Å². The van der Waals surface area contributed by atoms with Gasteiger partial charge in [-0.1, -0.05) is 85.1 Å². The van der Waals surface area contributed by atoms with Crippen molar-refractivity contribution in [2.24, 2.45) is 0 Å². The second kappa shape index (κ2) is 15.7. The van der Waals surface area contributed by atoms with E-state index in [0.717, 1.165) is 40.4 Å². The number of nitrogens with one attached hydrogen (secondary N) is 1. The lowest BCUT2D eigenvalue weighted by Gasteiger charge is -2.34. The molecule has 4 rings (SSSR count). The van der Waals surface area contributed by atoms with Gasteiger partial charge in [0.15, 0.2) is 0 Å². The van der Waals surface area contributed by atoms with Crippen LogP contribution < -0.4 is 9.62 Å². The number of amides is 2. The second-order valence-electron chi connectivity index (χ2n) is 10.8. The van der Waals surface area contributed by atoms with Gasteiger partial charge in [0.1, 0.15) is 18.4 Å². The Morgan fingerprint density at radius 1 is 0.867 bits per heavy atom. The summed E-state index contributed by atoms with van der Waals surface area (Å²) in [5, 5.41) is 3.47. The van der Waals surface area contributed by atoms with E-state index in [1.807, 2.05) is 44.2 Å². The van der Waals surface area contributed by atoms with Gasteiger partial charge < -0.3 is 10.2 Å². The monoisotopic (exact) mass is 649 g/mol. The zero-order chi connectivity index (χ0) is 32.4. The van der Waals surface area contributed by atoms with Crippen molar-refractivity contribution in [2.75, 3.05) is 17.4 Å². The molecule has 0 bridgehead atoms. The molecule has 0 spiro atoms. The topological polar surface area (TPSA) is 86.8 Å². The molecule has 1 N–H and O–H groups in total. The van der Waals surface area contributed by atoms with Gasteiger partial charge in [-0.15, -0.1) is 0 Å².